The average molecular weight is 292 g/mol. The molecule has 0 saturated carbocycles. The van der Waals surface area contributed by atoms with Gasteiger partial charge < -0.3 is 12.9 Å². The molecule has 0 bridgehead atoms. The molecule has 1 aromatic carbocycles. The van der Waals surface area contributed by atoms with Crippen LogP contribution >= 0.6 is 0 Å². The molecule has 0 fully saturated rings. The number of halogens is 3. The Morgan fingerprint density at radius 1 is 1.16 bits per heavy atom. The number of terminal acetylenes is 1. The van der Waals surface area contributed by atoms with Crippen LogP contribution in [0.15, 0.2) is 0 Å². The second-order valence-corrected chi connectivity index (χ2v) is 4.32. The van der Waals surface area contributed by atoms with Crippen LogP contribution in [0.4, 0.5) is 12.9 Å². The minimum absolute atomic E-state index is 0. The summed E-state index contributed by atoms with van der Waals surface area (Å²) in [5.74, 6) is 2.37. The van der Waals surface area contributed by atoms with E-state index in [-0.39, 0.29) is 62.5 Å². The fourth-order valence-corrected chi connectivity index (χ4v) is 2.22. The van der Waals surface area contributed by atoms with E-state index in [1.54, 1.807) is 13.8 Å². The van der Waals surface area contributed by atoms with E-state index in [0.29, 0.717) is 28.5 Å². The van der Waals surface area contributed by atoms with Gasteiger partial charge in [0.15, 0.2) is 6.29 Å². The molecule has 1 rings (SSSR count). The van der Waals surface area contributed by atoms with Crippen molar-refractivity contribution in [3.63, 3.8) is 0 Å². The minimum atomic E-state index is -4.96. The van der Waals surface area contributed by atoms with Crippen LogP contribution in [0.25, 0.3) is 0 Å². The van der Waals surface area contributed by atoms with Gasteiger partial charge in [0.1, 0.15) is 0 Å². The van der Waals surface area contributed by atoms with Gasteiger partial charge in [-0.2, -0.15) is 0 Å². The van der Waals surface area contributed by atoms with Gasteiger partial charge in [0.2, 0.25) is 0 Å². The molecule has 0 aliphatic rings. The number of hydrogen-bond donors (Lipinski definition) is 0. The molecule has 19 heavy (non-hydrogen) atoms. The maximum Gasteiger partial charge on any atom is 1.00 e. The van der Waals surface area contributed by atoms with E-state index in [9.17, 15) is 17.7 Å². The molecule has 0 atom stereocenters. The molecular formula is C13H13BF3KO. The predicted octanol–water partition coefficient (Wildman–Crippen LogP) is 0.339. The molecular weight excluding hydrogens is 279 g/mol. The van der Waals surface area contributed by atoms with Gasteiger partial charge in [-0.05, 0) is 37.5 Å². The summed E-state index contributed by atoms with van der Waals surface area (Å²) in [6.07, 6.45) is 4.88. The van der Waals surface area contributed by atoms with E-state index in [2.05, 4.69) is 5.92 Å². The van der Waals surface area contributed by atoms with Gasteiger partial charge in [0.05, 0.1) is 0 Å². The molecule has 0 aromatic heterocycles. The van der Waals surface area contributed by atoms with Crippen molar-refractivity contribution in [1.82, 2.24) is 0 Å². The summed E-state index contributed by atoms with van der Waals surface area (Å²) in [5, 5.41) is 0. The van der Waals surface area contributed by atoms with E-state index in [1.165, 1.54) is 6.92 Å². The SMILES string of the molecule is C#Cc1c(C)c(C=O)c(C)c(C[B-](F)(F)F)c1C.[K+]. The maximum atomic E-state index is 12.6. The first-order chi connectivity index (χ1) is 8.22. The number of rotatable bonds is 3. The van der Waals surface area contributed by atoms with Crippen molar-refractivity contribution >= 4 is 13.3 Å². The number of aldehydes is 1. The predicted molar refractivity (Wildman–Crippen MR) is 66.8 cm³/mol. The van der Waals surface area contributed by atoms with Crippen molar-refractivity contribution in [2.75, 3.05) is 0 Å². The van der Waals surface area contributed by atoms with Crippen LogP contribution in [0.3, 0.4) is 0 Å². The van der Waals surface area contributed by atoms with E-state index < -0.39 is 13.3 Å². The number of hydrogen-bond acceptors (Lipinski definition) is 1. The molecule has 96 valence electrons. The third kappa shape index (κ3) is 4.20. The van der Waals surface area contributed by atoms with E-state index in [0.717, 1.165) is 0 Å². The molecule has 0 N–H and O–H groups in total. The second-order valence-electron chi connectivity index (χ2n) is 4.32. The summed E-state index contributed by atoms with van der Waals surface area (Å²) < 4.78 is 37.8. The van der Waals surface area contributed by atoms with Gasteiger partial charge in [-0.3, -0.25) is 4.79 Å². The second kappa shape index (κ2) is 7.09. The molecule has 0 heterocycles. The largest absolute Gasteiger partial charge is 1.00 e. The summed E-state index contributed by atoms with van der Waals surface area (Å²) >= 11 is 0. The molecule has 0 amide bonds. The third-order valence-corrected chi connectivity index (χ3v) is 3.16. The minimum Gasteiger partial charge on any atom is -0.449 e. The van der Waals surface area contributed by atoms with Gasteiger partial charge in [0.25, 0.3) is 0 Å². The van der Waals surface area contributed by atoms with Gasteiger partial charge in [-0.25, -0.2) is 0 Å². The standard InChI is InChI=1S/C13H13BF3O.K/c1-5-11-8(2)12(6-14(15,16)17)10(4)13(7-18)9(11)3;/h1,7H,6H2,2-4H3;/q-1;+1. The molecule has 0 aliphatic heterocycles. The van der Waals surface area contributed by atoms with Gasteiger partial charge in [-0.15, -0.1) is 6.42 Å². The number of benzene rings is 1. The molecule has 0 aliphatic carbocycles. The fraction of sp³-hybridized carbons (Fsp3) is 0.308. The summed E-state index contributed by atoms with van der Waals surface area (Å²) in [6.45, 7) is -0.204. The van der Waals surface area contributed by atoms with Gasteiger partial charge >= 0.3 is 58.4 Å². The van der Waals surface area contributed by atoms with Crippen molar-refractivity contribution in [3.05, 3.63) is 33.4 Å². The Morgan fingerprint density at radius 2 is 1.68 bits per heavy atom. The zero-order chi connectivity index (χ0) is 14.1. The Kier molecular flexibility index (Phi) is 7.07. The third-order valence-electron chi connectivity index (χ3n) is 3.16. The van der Waals surface area contributed by atoms with Crippen LogP contribution < -0.4 is 51.4 Å². The Morgan fingerprint density at radius 3 is 2.05 bits per heavy atom. The van der Waals surface area contributed by atoms with E-state index in [1.807, 2.05) is 0 Å². The van der Waals surface area contributed by atoms with E-state index in [4.69, 9.17) is 6.42 Å². The first-order valence-corrected chi connectivity index (χ1v) is 5.48. The Labute approximate surface area is 153 Å². The molecule has 0 spiro atoms. The van der Waals surface area contributed by atoms with Gasteiger partial charge in [-0.1, -0.05) is 17.8 Å². The summed E-state index contributed by atoms with van der Waals surface area (Å²) in [5.41, 5.74) is 2.17. The zero-order valence-electron chi connectivity index (χ0n) is 11.5. The molecule has 6 heteroatoms. The Bertz CT molecular complexity index is 545. The summed E-state index contributed by atoms with van der Waals surface area (Å²) in [7, 11) is 0. The quantitative estimate of drug-likeness (QED) is 0.446. The van der Waals surface area contributed by atoms with Crippen LogP contribution in [0, 0.1) is 33.1 Å². The number of carbonyl (C=O) groups excluding carboxylic acids is 1. The number of carbonyl (C=O) groups is 1. The van der Waals surface area contributed by atoms with Crippen LogP contribution in [0.5, 0.6) is 0 Å². The fourth-order valence-electron chi connectivity index (χ4n) is 2.22. The van der Waals surface area contributed by atoms with Crippen LogP contribution in [-0.2, 0) is 6.32 Å². The van der Waals surface area contributed by atoms with Gasteiger partial charge in [0, 0.05) is 11.1 Å². The van der Waals surface area contributed by atoms with Crippen molar-refractivity contribution < 1.29 is 69.1 Å². The van der Waals surface area contributed by atoms with Crippen molar-refractivity contribution in [2.45, 2.75) is 27.1 Å². The van der Waals surface area contributed by atoms with Crippen molar-refractivity contribution in [1.29, 1.82) is 0 Å². The normalized spacial score (nSPS) is 10.6. The zero-order valence-corrected chi connectivity index (χ0v) is 14.6. The molecule has 0 saturated heterocycles. The maximum absolute atomic E-state index is 12.6. The summed E-state index contributed by atoms with van der Waals surface area (Å²) in [4.78, 5) is 11.0. The van der Waals surface area contributed by atoms with Crippen LogP contribution in [0.1, 0.15) is 38.2 Å². The smallest absolute Gasteiger partial charge is 0.449 e. The average Bonchev–Trinajstić information content (AvgIpc) is 2.24. The first-order valence-electron chi connectivity index (χ1n) is 5.48. The Balaban J connectivity index is 0.00000324. The Hall–Kier alpha value is -0.0587. The molecule has 0 unspecified atom stereocenters. The van der Waals surface area contributed by atoms with Crippen molar-refractivity contribution in [3.8, 4) is 12.3 Å². The van der Waals surface area contributed by atoms with Crippen LogP contribution in [0.2, 0.25) is 0 Å². The summed E-state index contributed by atoms with van der Waals surface area (Å²) in [6, 6.07) is 0. The topological polar surface area (TPSA) is 17.1 Å². The first kappa shape index (κ1) is 18.9. The van der Waals surface area contributed by atoms with Crippen LogP contribution in [-0.4, -0.2) is 13.3 Å². The monoisotopic (exact) mass is 292 g/mol. The molecule has 1 aromatic rings. The molecule has 1 nitrogen and oxygen atoms in total. The van der Waals surface area contributed by atoms with Crippen molar-refractivity contribution in [2.24, 2.45) is 0 Å². The molecule has 0 radical (unpaired) electrons. The van der Waals surface area contributed by atoms with E-state index >= 15 is 0 Å².